The van der Waals surface area contributed by atoms with E-state index in [-0.39, 0.29) is 41.4 Å². The summed E-state index contributed by atoms with van der Waals surface area (Å²) in [6.07, 6.45) is 14.1. The van der Waals surface area contributed by atoms with Crippen LogP contribution in [-0.4, -0.2) is 61.2 Å². The van der Waals surface area contributed by atoms with Gasteiger partial charge in [0.05, 0.1) is 32.5 Å². The molecule has 0 heterocycles. The number of hydrogen-bond donors (Lipinski definition) is 0. The summed E-state index contributed by atoms with van der Waals surface area (Å²) in [6.45, 7) is 33.7. The van der Waals surface area contributed by atoms with E-state index in [1.54, 1.807) is 13.8 Å². The Kier molecular flexibility index (Phi) is 18.3. The molecule has 0 aliphatic heterocycles. The van der Waals surface area contributed by atoms with Gasteiger partial charge < -0.3 is 13.6 Å². The van der Waals surface area contributed by atoms with Crippen LogP contribution in [0, 0.1) is 35.5 Å². The first-order valence-corrected chi connectivity index (χ1v) is 27.2. The number of hydrogen-bond acceptors (Lipinski definition) is 8. The molecule has 0 unspecified atom stereocenters. The number of fused-ring (bicyclic) bond motifs is 1. The lowest BCUT2D eigenvalue weighted by Crippen LogP contribution is -2.45. The van der Waals surface area contributed by atoms with Gasteiger partial charge in [-0.3, -0.25) is 13.6 Å². The normalized spacial score (nSPS) is 22.8. The predicted molar refractivity (Wildman–Crippen MR) is 224 cm³/mol. The third kappa shape index (κ3) is 15.0. The zero-order chi connectivity index (χ0) is 40.4. The average molecular weight is 795 g/mol. The van der Waals surface area contributed by atoms with Crippen LogP contribution in [0.3, 0.4) is 0 Å². The summed E-state index contributed by atoms with van der Waals surface area (Å²) >= 11 is 0. The largest absolute Gasteiger partial charge is 0.475 e. The lowest BCUT2D eigenvalue weighted by Gasteiger charge is -2.40. The van der Waals surface area contributed by atoms with Crippen LogP contribution >= 0.6 is 7.82 Å². The maximum absolute atomic E-state index is 13.4. The molecule has 53 heavy (non-hydrogen) atoms. The van der Waals surface area contributed by atoms with Gasteiger partial charge in [-0.05, 0) is 114 Å². The first-order chi connectivity index (χ1) is 24.4. The smallest absolute Gasteiger partial charge is 0.459 e. The van der Waals surface area contributed by atoms with E-state index in [0.717, 1.165) is 37.7 Å². The van der Waals surface area contributed by atoms with Crippen LogP contribution in [0.15, 0.2) is 35.5 Å². The van der Waals surface area contributed by atoms with E-state index >= 15 is 0 Å². The van der Waals surface area contributed by atoms with Crippen LogP contribution in [0.2, 0.25) is 36.3 Å². The third-order valence-electron chi connectivity index (χ3n) is 11.6. The monoisotopic (exact) mass is 794 g/mol. The number of phosphoric acid groups is 1. The molecule has 0 radical (unpaired) electrons. The highest BCUT2D eigenvalue weighted by Crippen LogP contribution is 2.54. The Balaban J connectivity index is 2.49. The number of carbonyl (C=O) groups is 1. The predicted octanol–water partition coefficient (Wildman–Crippen LogP) is 11.8. The van der Waals surface area contributed by atoms with Crippen molar-refractivity contribution in [2.75, 3.05) is 20.3 Å². The van der Waals surface area contributed by atoms with Crippen LogP contribution in [0.25, 0.3) is 0 Å². The second-order valence-corrected chi connectivity index (χ2v) is 29.6. The van der Waals surface area contributed by atoms with Gasteiger partial charge in [-0.15, -0.1) is 0 Å². The number of esters is 1. The van der Waals surface area contributed by atoms with Gasteiger partial charge in [0.25, 0.3) is 0 Å². The molecule has 0 saturated heterocycles. The topological polar surface area (TPSA) is 89.5 Å². The van der Waals surface area contributed by atoms with Gasteiger partial charge in [0.2, 0.25) is 0 Å². The highest BCUT2D eigenvalue weighted by Gasteiger charge is 2.49. The molecule has 0 amide bonds. The first-order valence-electron chi connectivity index (χ1n) is 19.9. The molecule has 0 N–H and O–H groups in total. The summed E-state index contributed by atoms with van der Waals surface area (Å²) in [5, 5.41) is 0.192. The van der Waals surface area contributed by atoms with Crippen molar-refractivity contribution in [2.24, 2.45) is 23.7 Å². The molecule has 0 aromatic carbocycles. The molecular weight excluding hydrogens is 720 g/mol. The van der Waals surface area contributed by atoms with Crippen LogP contribution < -0.4 is 0 Å². The van der Waals surface area contributed by atoms with Gasteiger partial charge in [-0.25, -0.2) is 9.36 Å². The Morgan fingerprint density at radius 1 is 1.02 bits per heavy atom. The lowest BCUT2D eigenvalue weighted by atomic mass is 9.88. The van der Waals surface area contributed by atoms with Crippen molar-refractivity contribution in [2.45, 2.75) is 169 Å². The van der Waals surface area contributed by atoms with E-state index in [1.165, 1.54) is 12.7 Å². The number of ether oxygens (including phenoxy) is 1. The van der Waals surface area contributed by atoms with Crippen molar-refractivity contribution in [1.82, 2.24) is 0 Å². The summed E-state index contributed by atoms with van der Waals surface area (Å²) in [6, 6.07) is 0. The Morgan fingerprint density at radius 3 is 2.15 bits per heavy atom. The molecule has 2 rings (SSSR count). The molecule has 304 valence electrons. The zero-order valence-corrected chi connectivity index (χ0v) is 39.1. The average Bonchev–Trinajstić information content (AvgIpc) is 3.53. The quantitative estimate of drug-likeness (QED) is 0.0319. The number of carbonyl (C=O) groups excluding carboxylic acids is 1. The number of phosphoric ester groups is 1. The Bertz CT molecular complexity index is 1380. The maximum Gasteiger partial charge on any atom is 0.475 e. The molecule has 11 heteroatoms. The van der Waals surface area contributed by atoms with Gasteiger partial charge in [0, 0.05) is 18.3 Å². The minimum atomic E-state index is -3.88. The van der Waals surface area contributed by atoms with E-state index in [2.05, 4.69) is 125 Å². The molecule has 2 aliphatic rings. The summed E-state index contributed by atoms with van der Waals surface area (Å²) < 4.78 is 49.3. The highest BCUT2D eigenvalue weighted by atomic mass is 31.2. The zero-order valence-electron chi connectivity index (χ0n) is 36.2. The van der Waals surface area contributed by atoms with Crippen molar-refractivity contribution in [1.29, 1.82) is 0 Å². The van der Waals surface area contributed by atoms with Crippen molar-refractivity contribution in [3.05, 3.63) is 35.5 Å². The van der Waals surface area contributed by atoms with E-state index in [4.69, 9.17) is 27.2 Å². The molecule has 0 aromatic heterocycles. The van der Waals surface area contributed by atoms with Gasteiger partial charge in [0.15, 0.2) is 16.6 Å². The Morgan fingerprint density at radius 2 is 1.62 bits per heavy atom. The Hall–Kier alpha value is -1.29. The maximum atomic E-state index is 13.4. The molecule has 1 fully saturated rings. The van der Waals surface area contributed by atoms with Crippen LogP contribution in [0.1, 0.15) is 115 Å². The van der Waals surface area contributed by atoms with Gasteiger partial charge in [-0.2, -0.15) is 0 Å². The summed E-state index contributed by atoms with van der Waals surface area (Å²) in [5.74, 6) is 6.01. The molecule has 8 nitrogen and oxygen atoms in total. The van der Waals surface area contributed by atoms with Crippen LogP contribution in [-0.2, 0) is 36.5 Å². The second kappa shape index (κ2) is 20.2. The molecule has 0 aromatic rings. The van der Waals surface area contributed by atoms with Crippen LogP contribution in [0.5, 0.6) is 0 Å². The minimum absolute atomic E-state index is 0.0247. The lowest BCUT2D eigenvalue weighted by molar-refractivity contribution is -0.133. The fourth-order valence-corrected chi connectivity index (χ4v) is 10.6. The van der Waals surface area contributed by atoms with Gasteiger partial charge in [-0.1, -0.05) is 89.8 Å². The first kappa shape index (κ1) is 47.9. The Labute approximate surface area is 326 Å². The highest BCUT2D eigenvalue weighted by molar-refractivity contribution is 7.48. The van der Waals surface area contributed by atoms with E-state index in [9.17, 15) is 9.36 Å². The fraction of sp³-hybridized carbons (Fsp3) is 0.786. The fourth-order valence-electron chi connectivity index (χ4n) is 6.67. The third-order valence-corrected chi connectivity index (χ3v) is 22.3. The van der Waals surface area contributed by atoms with E-state index in [1.807, 2.05) is 0 Å². The minimum Gasteiger partial charge on any atom is -0.459 e. The van der Waals surface area contributed by atoms with Crippen molar-refractivity contribution >= 4 is 30.4 Å². The number of methoxy groups -OCH3 is 1. The van der Waals surface area contributed by atoms with Crippen molar-refractivity contribution in [3.63, 3.8) is 0 Å². The van der Waals surface area contributed by atoms with Gasteiger partial charge >= 0.3 is 13.8 Å². The summed E-state index contributed by atoms with van der Waals surface area (Å²) in [4.78, 5) is 12.0. The van der Waals surface area contributed by atoms with Crippen molar-refractivity contribution < 1.29 is 36.5 Å². The molecule has 0 spiro atoms. The van der Waals surface area contributed by atoms with E-state index in [0.29, 0.717) is 24.2 Å². The van der Waals surface area contributed by atoms with Crippen molar-refractivity contribution in [3.8, 4) is 11.8 Å². The van der Waals surface area contributed by atoms with Gasteiger partial charge in [0.1, 0.15) is 6.10 Å². The standard InChI is InChI=1S/C42H75O8PSi2/c1-17-46-51(44,47-18-2)48-35(23-25-40(43)45-12)28-33-27-34-30-39(50-53(15,16)42(9,10)11)37(38(34)29-33)24-22-36(49-52(13,14)41(6,7)8)26-32(5)21-19-20-31(3)4/h20,22,24,27,32,34-39H,17-19,21,26,28-30H2,1-16H3/t32-,34+,35+,36-,37-,38+,39-/m1/s1. The SMILES string of the molecule is CCOP(=O)(OCC)O[C@@H](C#CC(=O)OC)CC1=C[C@H]2C[C@@H](O[Si](C)(C)C(C)(C)C)[C@H](C=C[C@H](C[C@H](C)CCC=C(C)C)O[Si](C)(C)C(C)(C)C)[C@H]2C1. The molecule has 1 saturated carbocycles. The number of allylic oxidation sites excluding steroid dienone is 3. The second-order valence-electron chi connectivity index (χ2n) is 18.4. The van der Waals surface area contributed by atoms with E-state index < -0.39 is 36.5 Å². The molecular formula is C42H75O8PSi2. The molecule has 2 aliphatic carbocycles. The molecule has 7 atom stereocenters. The summed E-state index contributed by atoms with van der Waals surface area (Å²) in [5.41, 5.74) is 2.53. The number of rotatable bonds is 19. The van der Waals surface area contributed by atoms with Crippen LogP contribution in [0.4, 0.5) is 0 Å². The molecule has 0 bridgehead atoms. The summed E-state index contributed by atoms with van der Waals surface area (Å²) in [7, 11) is -6.72.